The van der Waals surface area contributed by atoms with Crippen molar-refractivity contribution in [1.29, 1.82) is 0 Å². The number of aliphatic carboxylic acids is 1. The van der Waals surface area contributed by atoms with Crippen molar-refractivity contribution in [2.75, 3.05) is 0 Å². The lowest BCUT2D eigenvalue weighted by Crippen LogP contribution is -2.29. The van der Waals surface area contributed by atoms with Crippen LogP contribution in [0.15, 0.2) is 0 Å². The van der Waals surface area contributed by atoms with E-state index in [1.807, 2.05) is 0 Å². The molecule has 0 aromatic heterocycles. The van der Waals surface area contributed by atoms with Crippen molar-refractivity contribution in [3.63, 3.8) is 0 Å². The van der Waals surface area contributed by atoms with Crippen LogP contribution in [0, 0.1) is 5.92 Å². The molecule has 0 saturated carbocycles. The van der Waals surface area contributed by atoms with Crippen molar-refractivity contribution in [3.05, 3.63) is 0 Å². The molecule has 4 nitrogen and oxygen atoms in total. The van der Waals surface area contributed by atoms with E-state index in [4.69, 9.17) is 0 Å². The van der Waals surface area contributed by atoms with Crippen LogP contribution in [0.3, 0.4) is 0 Å². The maximum atomic E-state index is 11.3. The molecule has 4 heteroatoms. The van der Waals surface area contributed by atoms with E-state index < -0.39 is 17.7 Å². The Morgan fingerprint density at radius 1 is 0.692 bits per heavy atom. The first-order valence-corrected chi connectivity index (χ1v) is 11.1. The predicted octanol–water partition coefficient (Wildman–Crippen LogP) is 6.04. The Morgan fingerprint density at radius 3 is 1.65 bits per heavy atom. The molecule has 0 heterocycles. The third kappa shape index (κ3) is 15.6. The number of carbonyl (C=O) groups is 1. The predicted molar refractivity (Wildman–Crippen MR) is 108 cm³/mol. The van der Waals surface area contributed by atoms with Gasteiger partial charge in [-0.25, -0.2) is 0 Å². The van der Waals surface area contributed by atoms with E-state index in [2.05, 4.69) is 13.8 Å². The van der Waals surface area contributed by atoms with Gasteiger partial charge >= 0.3 is 5.97 Å². The van der Waals surface area contributed by atoms with Crippen LogP contribution in [0.4, 0.5) is 0 Å². The largest absolute Gasteiger partial charge is 0.481 e. The highest BCUT2D eigenvalue weighted by Crippen LogP contribution is 2.24. The summed E-state index contributed by atoms with van der Waals surface area (Å²) in [5.74, 6) is -2.97. The lowest BCUT2D eigenvalue weighted by Gasteiger charge is -2.23. The SMILES string of the molecule is CCCCCCCCCCCC(O)(O)CCC(CCCCCC)C(=O)O. The average Bonchev–Trinajstić information content (AvgIpc) is 2.59. The molecule has 0 aromatic carbocycles. The minimum absolute atomic E-state index is 0.161. The van der Waals surface area contributed by atoms with Gasteiger partial charge in [0, 0.05) is 12.8 Å². The monoisotopic (exact) mass is 372 g/mol. The summed E-state index contributed by atoms with van der Waals surface area (Å²) in [6.07, 6.45) is 16.5. The number of aliphatic hydroxyl groups is 2. The van der Waals surface area contributed by atoms with Crippen LogP contribution in [-0.4, -0.2) is 27.1 Å². The number of hydrogen-bond donors (Lipinski definition) is 3. The Balaban J connectivity index is 3.81. The molecule has 1 atom stereocenters. The molecule has 0 saturated heterocycles. The van der Waals surface area contributed by atoms with Gasteiger partial charge in [-0.2, -0.15) is 0 Å². The standard InChI is InChI=1S/C22H44O4/c1-3-5-7-9-10-11-12-13-15-18-22(25,26)19-17-20(21(23)24)16-14-8-6-4-2/h20,25-26H,3-19H2,1-2H3,(H,23,24). The van der Waals surface area contributed by atoms with Gasteiger partial charge in [0.05, 0.1) is 5.92 Å². The molecule has 0 aromatic rings. The van der Waals surface area contributed by atoms with Gasteiger partial charge in [0.15, 0.2) is 5.79 Å². The number of unbranched alkanes of at least 4 members (excludes halogenated alkanes) is 11. The van der Waals surface area contributed by atoms with Crippen molar-refractivity contribution in [1.82, 2.24) is 0 Å². The zero-order valence-electron chi connectivity index (χ0n) is 17.3. The normalized spacial score (nSPS) is 13.1. The van der Waals surface area contributed by atoms with Gasteiger partial charge in [-0.05, 0) is 19.3 Å². The highest BCUT2D eigenvalue weighted by molar-refractivity contribution is 5.69. The first-order valence-electron chi connectivity index (χ1n) is 11.1. The van der Waals surface area contributed by atoms with Gasteiger partial charge < -0.3 is 15.3 Å². The van der Waals surface area contributed by atoms with E-state index in [1.54, 1.807) is 0 Å². The molecule has 0 fully saturated rings. The van der Waals surface area contributed by atoms with Crippen molar-refractivity contribution in [2.24, 2.45) is 5.92 Å². The molecule has 0 rings (SSSR count). The van der Waals surface area contributed by atoms with Crippen molar-refractivity contribution < 1.29 is 20.1 Å². The molecule has 0 aliphatic rings. The van der Waals surface area contributed by atoms with E-state index in [-0.39, 0.29) is 6.42 Å². The summed E-state index contributed by atoms with van der Waals surface area (Å²) in [5.41, 5.74) is 0. The van der Waals surface area contributed by atoms with Gasteiger partial charge in [0.25, 0.3) is 0 Å². The second-order valence-corrected chi connectivity index (χ2v) is 7.98. The number of rotatable bonds is 19. The molecule has 0 amide bonds. The first-order chi connectivity index (χ1) is 12.4. The Kier molecular flexibility index (Phi) is 16.2. The molecule has 26 heavy (non-hydrogen) atoms. The molecule has 0 radical (unpaired) electrons. The fourth-order valence-electron chi connectivity index (χ4n) is 3.46. The molecule has 0 bridgehead atoms. The summed E-state index contributed by atoms with van der Waals surface area (Å²) >= 11 is 0. The summed E-state index contributed by atoms with van der Waals surface area (Å²) in [6.45, 7) is 4.36. The third-order valence-corrected chi connectivity index (χ3v) is 5.33. The maximum absolute atomic E-state index is 11.3. The molecule has 0 aliphatic carbocycles. The smallest absolute Gasteiger partial charge is 0.306 e. The van der Waals surface area contributed by atoms with Crippen LogP contribution < -0.4 is 0 Å². The molecular weight excluding hydrogens is 328 g/mol. The molecule has 0 aliphatic heterocycles. The Morgan fingerprint density at radius 2 is 1.15 bits per heavy atom. The van der Waals surface area contributed by atoms with Gasteiger partial charge in [-0.15, -0.1) is 0 Å². The zero-order valence-corrected chi connectivity index (χ0v) is 17.3. The molecule has 3 N–H and O–H groups in total. The Hall–Kier alpha value is -0.610. The summed E-state index contributed by atoms with van der Waals surface area (Å²) < 4.78 is 0. The summed E-state index contributed by atoms with van der Waals surface area (Å²) in [4.78, 5) is 11.3. The Labute approximate surface area is 161 Å². The maximum Gasteiger partial charge on any atom is 0.306 e. The van der Waals surface area contributed by atoms with Crippen LogP contribution in [-0.2, 0) is 4.79 Å². The van der Waals surface area contributed by atoms with E-state index >= 15 is 0 Å². The van der Waals surface area contributed by atoms with Crippen LogP contribution >= 0.6 is 0 Å². The summed E-state index contributed by atoms with van der Waals surface area (Å²) in [7, 11) is 0. The molecule has 1 unspecified atom stereocenters. The average molecular weight is 373 g/mol. The highest BCUT2D eigenvalue weighted by atomic mass is 16.5. The van der Waals surface area contributed by atoms with E-state index in [0.717, 1.165) is 44.9 Å². The van der Waals surface area contributed by atoms with E-state index in [0.29, 0.717) is 19.3 Å². The van der Waals surface area contributed by atoms with E-state index in [1.165, 1.54) is 38.5 Å². The van der Waals surface area contributed by atoms with Crippen molar-refractivity contribution >= 4 is 5.97 Å². The van der Waals surface area contributed by atoms with Crippen molar-refractivity contribution in [3.8, 4) is 0 Å². The van der Waals surface area contributed by atoms with E-state index in [9.17, 15) is 20.1 Å². The second kappa shape index (κ2) is 16.6. The van der Waals surface area contributed by atoms with Crippen LogP contribution in [0.1, 0.15) is 123 Å². The summed E-state index contributed by atoms with van der Waals surface area (Å²) in [6, 6.07) is 0. The number of carboxylic acids is 1. The van der Waals surface area contributed by atoms with Crippen molar-refractivity contribution in [2.45, 2.75) is 129 Å². The van der Waals surface area contributed by atoms with Gasteiger partial charge in [-0.1, -0.05) is 90.9 Å². The summed E-state index contributed by atoms with van der Waals surface area (Å²) in [5, 5.41) is 29.5. The first kappa shape index (κ1) is 25.4. The van der Waals surface area contributed by atoms with Crippen LogP contribution in [0.5, 0.6) is 0 Å². The quantitative estimate of drug-likeness (QED) is 0.191. The lowest BCUT2D eigenvalue weighted by atomic mass is 9.92. The van der Waals surface area contributed by atoms with Gasteiger partial charge in [0.2, 0.25) is 0 Å². The highest BCUT2D eigenvalue weighted by Gasteiger charge is 2.26. The topological polar surface area (TPSA) is 77.8 Å². The lowest BCUT2D eigenvalue weighted by molar-refractivity contribution is -0.175. The minimum atomic E-state index is -1.71. The number of carboxylic acid groups (broad SMARTS) is 1. The fraction of sp³-hybridized carbons (Fsp3) is 0.955. The van der Waals surface area contributed by atoms with Crippen LogP contribution in [0.25, 0.3) is 0 Å². The van der Waals surface area contributed by atoms with Gasteiger partial charge in [0.1, 0.15) is 0 Å². The van der Waals surface area contributed by atoms with Crippen LogP contribution in [0.2, 0.25) is 0 Å². The molecule has 0 spiro atoms. The Bertz CT molecular complexity index is 328. The third-order valence-electron chi connectivity index (χ3n) is 5.33. The minimum Gasteiger partial charge on any atom is -0.481 e. The molecular formula is C22H44O4. The second-order valence-electron chi connectivity index (χ2n) is 7.98. The fourth-order valence-corrected chi connectivity index (χ4v) is 3.46. The number of hydrogen-bond acceptors (Lipinski definition) is 3. The van der Waals surface area contributed by atoms with Gasteiger partial charge in [-0.3, -0.25) is 4.79 Å². The molecule has 156 valence electrons. The zero-order chi connectivity index (χ0) is 19.7.